The standard InChI is InChI=1S/C26H42FN3O6SSi/c1-18(29-37(33,34)21-13-10-12-19-22(21)20(31)16-28-23(19)27)17-30(24(32)36-25(2,3)4)14-11-15-35-38(8,9)26(5,6)7/h10,12-13,16,18,29,31H,11,14-15,17H2,1-9H3/t18-/m1/s1. The predicted octanol–water partition coefficient (Wildman–Crippen LogP) is 5.40. The highest BCUT2D eigenvalue weighted by Gasteiger charge is 2.37. The van der Waals surface area contributed by atoms with Gasteiger partial charge in [-0.05, 0) is 64.4 Å². The van der Waals surface area contributed by atoms with Crippen LogP contribution in [0.4, 0.5) is 9.18 Å². The van der Waals surface area contributed by atoms with Crippen LogP contribution < -0.4 is 4.72 Å². The van der Waals surface area contributed by atoms with E-state index in [1.165, 1.54) is 23.1 Å². The van der Waals surface area contributed by atoms with Crippen molar-refractivity contribution in [1.82, 2.24) is 14.6 Å². The minimum Gasteiger partial charge on any atom is -0.506 e. The second kappa shape index (κ2) is 11.8. The predicted molar refractivity (Wildman–Crippen MR) is 149 cm³/mol. The van der Waals surface area contributed by atoms with Gasteiger partial charge >= 0.3 is 6.09 Å². The smallest absolute Gasteiger partial charge is 0.410 e. The van der Waals surface area contributed by atoms with E-state index >= 15 is 0 Å². The molecule has 38 heavy (non-hydrogen) atoms. The zero-order valence-corrected chi connectivity index (χ0v) is 25.7. The number of pyridine rings is 1. The third kappa shape index (κ3) is 8.36. The van der Waals surface area contributed by atoms with E-state index in [2.05, 4.69) is 43.6 Å². The summed E-state index contributed by atoms with van der Waals surface area (Å²) in [5.74, 6) is -1.34. The Hall–Kier alpha value is -2.28. The SMILES string of the molecule is C[C@H](CN(CCCO[Si](C)(C)C(C)(C)C)C(=O)OC(C)(C)C)NS(=O)(=O)c1cccc2c(F)ncc(O)c12. The summed E-state index contributed by atoms with van der Waals surface area (Å²) in [6.07, 6.45) is 0.858. The van der Waals surface area contributed by atoms with Crippen molar-refractivity contribution in [2.45, 2.75) is 89.6 Å². The van der Waals surface area contributed by atoms with Gasteiger partial charge in [-0.1, -0.05) is 26.8 Å². The van der Waals surface area contributed by atoms with Crippen molar-refractivity contribution in [3.8, 4) is 5.75 Å². The molecule has 0 fully saturated rings. The van der Waals surface area contributed by atoms with Crippen molar-refractivity contribution in [2.24, 2.45) is 0 Å². The zero-order valence-electron chi connectivity index (χ0n) is 23.9. The molecule has 0 saturated carbocycles. The maximum atomic E-state index is 14.2. The van der Waals surface area contributed by atoms with E-state index < -0.39 is 47.8 Å². The van der Waals surface area contributed by atoms with E-state index in [4.69, 9.17) is 9.16 Å². The molecule has 0 bridgehead atoms. The Kier molecular flexibility index (Phi) is 9.96. The second-order valence-corrected chi connectivity index (χ2v) is 18.5. The van der Waals surface area contributed by atoms with Crippen molar-refractivity contribution < 1.29 is 31.9 Å². The average molecular weight is 572 g/mol. The number of fused-ring (bicyclic) bond motifs is 1. The molecule has 0 aliphatic heterocycles. The van der Waals surface area contributed by atoms with Gasteiger partial charge in [-0.3, -0.25) is 0 Å². The Bertz CT molecular complexity index is 1240. The molecule has 1 aromatic heterocycles. The number of sulfonamides is 1. The first kappa shape index (κ1) is 31.9. The van der Waals surface area contributed by atoms with Gasteiger partial charge in [0.2, 0.25) is 16.0 Å². The Morgan fingerprint density at radius 1 is 1.21 bits per heavy atom. The van der Waals surface area contributed by atoms with E-state index in [9.17, 15) is 22.7 Å². The molecule has 1 amide bonds. The number of rotatable bonds is 10. The fourth-order valence-corrected chi connectivity index (χ4v) is 6.08. The number of aromatic nitrogens is 1. The molecule has 0 aliphatic carbocycles. The molecular weight excluding hydrogens is 529 g/mol. The highest BCUT2D eigenvalue weighted by atomic mass is 32.2. The maximum absolute atomic E-state index is 14.2. The number of ether oxygens (including phenoxy) is 1. The molecule has 1 aromatic carbocycles. The molecule has 1 heterocycles. The second-order valence-electron chi connectivity index (χ2n) is 12.0. The summed E-state index contributed by atoms with van der Waals surface area (Å²) in [7, 11) is -6.15. The Labute approximate surface area is 226 Å². The summed E-state index contributed by atoms with van der Waals surface area (Å²) in [6.45, 7) is 18.5. The average Bonchev–Trinajstić information content (AvgIpc) is 2.75. The van der Waals surface area contributed by atoms with Gasteiger partial charge in [0.1, 0.15) is 11.4 Å². The van der Waals surface area contributed by atoms with Crippen LogP contribution in [0.2, 0.25) is 18.1 Å². The Morgan fingerprint density at radius 2 is 1.84 bits per heavy atom. The number of hydrogen-bond acceptors (Lipinski definition) is 7. The van der Waals surface area contributed by atoms with Crippen molar-refractivity contribution in [3.63, 3.8) is 0 Å². The zero-order chi connectivity index (χ0) is 29.1. The molecule has 0 unspecified atom stereocenters. The topological polar surface area (TPSA) is 118 Å². The summed E-state index contributed by atoms with van der Waals surface area (Å²) in [5, 5.41) is 10.0. The van der Waals surface area contributed by atoms with Crippen LogP contribution >= 0.6 is 0 Å². The molecule has 2 aromatic rings. The molecule has 0 saturated heterocycles. The van der Waals surface area contributed by atoms with Gasteiger partial charge < -0.3 is 19.2 Å². The van der Waals surface area contributed by atoms with Gasteiger partial charge in [0, 0.05) is 36.5 Å². The third-order valence-corrected chi connectivity index (χ3v) is 12.6. The molecule has 214 valence electrons. The largest absolute Gasteiger partial charge is 0.506 e. The summed E-state index contributed by atoms with van der Waals surface area (Å²) in [4.78, 5) is 17.6. The van der Waals surface area contributed by atoms with Crippen molar-refractivity contribution in [3.05, 3.63) is 30.3 Å². The first-order chi connectivity index (χ1) is 17.2. The highest BCUT2D eigenvalue weighted by molar-refractivity contribution is 7.89. The minimum absolute atomic E-state index is 0.0287. The fraction of sp³-hybridized carbons (Fsp3) is 0.615. The molecular formula is C26H42FN3O6SSi. The molecule has 2 rings (SSSR count). The lowest BCUT2D eigenvalue weighted by molar-refractivity contribution is 0.0230. The van der Waals surface area contributed by atoms with Crippen LogP contribution in [-0.4, -0.2) is 69.2 Å². The highest BCUT2D eigenvalue weighted by Crippen LogP contribution is 2.36. The quantitative estimate of drug-likeness (QED) is 0.223. The van der Waals surface area contributed by atoms with Crippen LogP contribution in [0.3, 0.4) is 0 Å². The number of benzene rings is 1. The molecule has 9 nitrogen and oxygen atoms in total. The van der Waals surface area contributed by atoms with Gasteiger partial charge in [0.05, 0.1) is 11.1 Å². The number of carbonyl (C=O) groups is 1. The number of nitrogens with one attached hydrogen (secondary N) is 1. The first-order valence-corrected chi connectivity index (χ1v) is 17.0. The van der Waals surface area contributed by atoms with Crippen LogP contribution in [0, 0.1) is 5.95 Å². The van der Waals surface area contributed by atoms with Gasteiger partial charge in [-0.2, -0.15) is 4.39 Å². The van der Waals surface area contributed by atoms with E-state index in [1.54, 1.807) is 27.7 Å². The van der Waals surface area contributed by atoms with Gasteiger partial charge in [0.25, 0.3) is 0 Å². The number of hydrogen-bond donors (Lipinski definition) is 2. The molecule has 0 spiro atoms. The number of aromatic hydroxyl groups is 1. The van der Waals surface area contributed by atoms with E-state index in [0.717, 1.165) is 6.20 Å². The fourth-order valence-electron chi connectivity index (χ4n) is 3.52. The lowest BCUT2D eigenvalue weighted by atomic mass is 10.1. The Balaban J connectivity index is 2.20. The number of halogens is 1. The van der Waals surface area contributed by atoms with E-state index in [1.807, 2.05) is 0 Å². The normalized spacial score (nSPS) is 13.9. The summed E-state index contributed by atoms with van der Waals surface area (Å²) >= 11 is 0. The van der Waals surface area contributed by atoms with Crippen molar-refractivity contribution in [1.29, 1.82) is 0 Å². The number of carbonyl (C=O) groups excluding carboxylic acids is 1. The molecule has 2 N–H and O–H groups in total. The molecule has 0 aliphatic rings. The lowest BCUT2D eigenvalue weighted by Crippen LogP contribution is -2.46. The number of nitrogens with zero attached hydrogens (tertiary/aromatic N) is 2. The van der Waals surface area contributed by atoms with Crippen LogP contribution in [-0.2, 0) is 19.2 Å². The maximum Gasteiger partial charge on any atom is 0.410 e. The molecule has 1 atom stereocenters. The van der Waals surface area contributed by atoms with Crippen LogP contribution in [0.15, 0.2) is 29.3 Å². The van der Waals surface area contributed by atoms with E-state index in [-0.39, 0.29) is 27.3 Å². The van der Waals surface area contributed by atoms with E-state index in [0.29, 0.717) is 19.6 Å². The summed E-state index contributed by atoms with van der Waals surface area (Å²) in [5.41, 5.74) is -0.728. The lowest BCUT2D eigenvalue weighted by Gasteiger charge is -2.36. The van der Waals surface area contributed by atoms with Crippen LogP contribution in [0.1, 0.15) is 54.9 Å². The monoisotopic (exact) mass is 571 g/mol. The summed E-state index contributed by atoms with van der Waals surface area (Å²) in [6, 6.07) is 3.27. The van der Waals surface area contributed by atoms with Crippen molar-refractivity contribution in [2.75, 3.05) is 19.7 Å². The van der Waals surface area contributed by atoms with Crippen molar-refractivity contribution >= 4 is 35.2 Å². The van der Waals surface area contributed by atoms with Crippen LogP contribution in [0.5, 0.6) is 5.75 Å². The van der Waals surface area contributed by atoms with Gasteiger partial charge in [-0.25, -0.2) is 22.9 Å². The first-order valence-electron chi connectivity index (χ1n) is 12.7. The minimum atomic E-state index is -4.20. The van der Waals surface area contributed by atoms with Crippen LogP contribution in [0.25, 0.3) is 10.8 Å². The van der Waals surface area contributed by atoms with Gasteiger partial charge in [-0.15, -0.1) is 0 Å². The summed E-state index contributed by atoms with van der Waals surface area (Å²) < 4.78 is 55.0. The Morgan fingerprint density at radius 3 is 2.42 bits per heavy atom. The molecule has 12 heteroatoms. The third-order valence-electron chi connectivity index (χ3n) is 6.44. The van der Waals surface area contributed by atoms with Gasteiger partial charge in [0.15, 0.2) is 8.32 Å². The molecule has 0 radical (unpaired) electrons. The number of amides is 1.